The first kappa shape index (κ1) is 18.1. The predicted molar refractivity (Wildman–Crippen MR) is 91.8 cm³/mol. The van der Waals surface area contributed by atoms with E-state index in [9.17, 15) is 14.4 Å². The number of aryl methyl sites for hydroxylation is 1. The van der Waals surface area contributed by atoms with Crippen LogP contribution in [0.2, 0.25) is 0 Å². The predicted octanol–water partition coefficient (Wildman–Crippen LogP) is 0.330. The zero-order valence-corrected chi connectivity index (χ0v) is 13.7. The second kappa shape index (κ2) is 9.16. The Balaban J connectivity index is 1.80. The normalized spacial score (nSPS) is 10.8. The average Bonchev–Trinajstić information content (AvgIpc) is 2.60. The van der Waals surface area contributed by atoms with Crippen LogP contribution in [0.5, 0.6) is 5.75 Å². The van der Waals surface area contributed by atoms with Gasteiger partial charge in [0.15, 0.2) is 0 Å². The molecular weight excluding hydrogens is 326 g/mol. The standard InChI is InChI=1S/C16H19N5O4/c1-2-9-25-12-5-3-11(4-6-12)10-17-20-14(22)8-7-13-15(23)18-16(24)21-19-13/h3-6,10H,2,7-9H2,1H3,(H,20,22)(H2,18,21,23,24)/b17-10+. The fraction of sp³-hybridized carbons (Fsp3) is 0.312. The number of aromatic amines is 2. The van der Waals surface area contributed by atoms with Crippen LogP contribution in [0.4, 0.5) is 0 Å². The molecule has 1 aromatic heterocycles. The second-order valence-electron chi connectivity index (χ2n) is 5.16. The Kier molecular flexibility index (Phi) is 6.64. The third kappa shape index (κ3) is 6.05. The summed E-state index contributed by atoms with van der Waals surface area (Å²) in [7, 11) is 0. The molecule has 2 aromatic rings. The Bertz CT molecular complexity index is 839. The van der Waals surface area contributed by atoms with E-state index in [1.807, 2.05) is 36.2 Å². The van der Waals surface area contributed by atoms with Crippen LogP contribution in [0.1, 0.15) is 31.0 Å². The number of carbonyl (C=O) groups excluding carboxylic acids is 1. The van der Waals surface area contributed by atoms with Crippen LogP contribution in [0, 0.1) is 0 Å². The molecule has 0 saturated carbocycles. The van der Waals surface area contributed by atoms with Crippen LogP contribution in [0.15, 0.2) is 39.0 Å². The SMILES string of the molecule is CCCOc1ccc(/C=N/NC(=O)CCc2n[nH]c(=O)[nH]c2=O)cc1. The summed E-state index contributed by atoms with van der Waals surface area (Å²) >= 11 is 0. The van der Waals surface area contributed by atoms with E-state index in [1.165, 1.54) is 6.21 Å². The summed E-state index contributed by atoms with van der Waals surface area (Å²) in [6.45, 7) is 2.70. The Labute approximate surface area is 143 Å². The maximum Gasteiger partial charge on any atom is 0.342 e. The minimum absolute atomic E-state index is 0.0171. The van der Waals surface area contributed by atoms with Gasteiger partial charge in [-0.1, -0.05) is 6.92 Å². The molecule has 9 heteroatoms. The van der Waals surface area contributed by atoms with Crippen molar-refractivity contribution >= 4 is 12.1 Å². The number of benzene rings is 1. The minimum Gasteiger partial charge on any atom is -0.494 e. The lowest BCUT2D eigenvalue weighted by Crippen LogP contribution is -2.28. The van der Waals surface area contributed by atoms with Gasteiger partial charge < -0.3 is 4.74 Å². The lowest BCUT2D eigenvalue weighted by atomic mass is 10.2. The molecule has 0 bridgehead atoms. The maximum atomic E-state index is 11.7. The molecule has 0 atom stereocenters. The van der Waals surface area contributed by atoms with Gasteiger partial charge in [-0.3, -0.25) is 14.6 Å². The number of hydrazone groups is 1. The van der Waals surface area contributed by atoms with Crippen molar-refractivity contribution in [2.45, 2.75) is 26.2 Å². The topological polar surface area (TPSA) is 129 Å². The van der Waals surface area contributed by atoms with E-state index in [1.54, 1.807) is 0 Å². The number of carbonyl (C=O) groups is 1. The first-order valence-corrected chi connectivity index (χ1v) is 7.81. The van der Waals surface area contributed by atoms with E-state index in [-0.39, 0.29) is 24.4 Å². The summed E-state index contributed by atoms with van der Waals surface area (Å²) in [5.74, 6) is 0.410. The van der Waals surface area contributed by atoms with Crippen LogP contribution in [0.3, 0.4) is 0 Å². The summed E-state index contributed by atoms with van der Waals surface area (Å²) in [5, 5.41) is 9.56. The summed E-state index contributed by atoms with van der Waals surface area (Å²) < 4.78 is 5.47. The van der Waals surface area contributed by atoms with Crippen molar-refractivity contribution in [3.8, 4) is 5.75 Å². The van der Waals surface area contributed by atoms with Gasteiger partial charge in [0.1, 0.15) is 11.4 Å². The number of aromatic nitrogens is 3. The number of amides is 1. The Morgan fingerprint density at radius 2 is 2.08 bits per heavy atom. The van der Waals surface area contributed by atoms with Gasteiger partial charge >= 0.3 is 5.69 Å². The molecule has 0 spiro atoms. The van der Waals surface area contributed by atoms with Gasteiger partial charge in [0.25, 0.3) is 5.56 Å². The van der Waals surface area contributed by atoms with Crippen LogP contribution < -0.4 is 21.4 Å². The van der Waals surface area contributed by atoms with Crippen molar-refractivity contribution in [3.63, 3.8) is 0 Å². The number of nitrogens with zero attached hydrogens (tertiary/aromatic N) is 2. The van der Waals surface area contributed by atoms with Gasteiger partial charge in [-0.05, 0) is 36.2 Å². The lowest BCUT2D eigenvalue weighted by Gasteiger charge is -2.03. The van der Waals surface area contributed by atoms with E-state index in [0.717, 1.165) is 17.7 Å². The molecule has 0 aliphatic rings. The van der Waals surface area contributed by atoms with E-state index in [2.05, 4.69) is 20.7 Å². The molecule has 2 rings (SSSR count). The molecule has 0 saturated heterocycles. The van der Waals surface area contributed by atoms with Crippen LogP contribution in [0.25, 0.3) is 0 Å². The first-order valence-electron chi connectivity index (χ1n) is 7.81. The van der Waals surface area contributed by atoms with Crippen molar-refractivity contribution in [2.24, 2.45) is 5.10 Å². The highest BCUT2D eigenvalue weighted by molar-refractivity contribution is 5.82. The number of rotatable bonds is 8. The van der Waals surface area contributed by atoms with Crippen LogP contribution in [-0.2, 0) is 11.2 Å². The van der Waals surface area contributed by atoms with Gasteiger partial charge in [0.05, 0.1) is 12.8 Å². The summed E-state index contributed by atoms with van der Waals surface area (Å²) in [6.07, 6.45) is 2.56. The lowest BCUT2D eigenvalue weighted by molar-refractivity contribution is -0.121. The van der Waals surface area contributed by atoms with Gasteiger partial charge in [0.2, 0.25) is 5.91 Å². The molecule has 0 aliphatic heterocycles. The number of hydrogen-bond acceptors (Lipinski definition) is 6. The Morgan fingerprint density at radius 3 is 2.76 bits per heavy atom. The quantitative estimate of drug-likeness (QED) is 0.469. The Morgan fingerprint density at radius 1 is 1.32 bits per heavy atom. The summed E-state index contributed by atoms with van der Waals surface area (Å²) in [6, 6.07) is 7.30. The minimum atomic E-state index is -0.686. The van der Waals surface area contributed by atoms with Gasteiger partial charge in [-0.2, -0.15) is 10.2 Å². The fourth-order valence-electron chi connectivity index (χ4n) is 1.88. The van der Waals surface area contributed by atoms with E-state index >= 15 is 0 Å². The molecule has 1 amide bonds. The van der Waals surface area contributed by atoms with Crippen LogP contribution in [-0.4, -0.2) is 33.9 Å². The van der Waals surface area contributed by atoms with Crippen molar-refractivity contribution in [1.29, 1.82) is 0 Å². The summed E-state index contributed by atoms with van der Waals surface area (Å²) in [5.41, 5.74) is 1.97. The van der Waals surface area contributed by atoms with Crippen molar-refractivity contribution in [1.82, 2.24) is 20.6 Å². The molecule has 25 heavy (non-hydrogen) atoms. The van der Waals surface area contributed by atoms with E-state index < -0.39 is 11.2 Å². The molecule has 1 aromatic carbocycles. The van der Waals surface area contributed by atoms with Crippen molar-refractivity contribution < 1.29 is 9.53 Å². The third-order valence-corrected chi connectivity index (χ3v) is 3.13. The Hall–Kier alpha value is -3.23. The highest BCUT2D eigenvalue weighted by Crippen LogP contribution is 2.11. The summed E-state index contributed by atoms with van der Waals surface area (Å²) in [4.78, 5) is 36.0. The number of hydrogen-bond donors (Lipinski definition) is 3. The number of ether oxygens (including phenoxy) is 1. The molecule has 132 valence electrons. The first-order chi connectivity index (χ1) is 12.1. The van der Waals surface area contributed by atoms with E-state index in [0.29, 0.717) is 6.61 Å². The van der Waals surface area contributed by atoms with Gasteiger partial charge in [-0.25, -0.2) is 15.3 Å². The van der Waals surface area contributed by atoms with Crippen molar-refractivity contribution in [2.75, 3.05) is 6.61 Å². The highest BCUT2D eigenvalue weighted by atomic mass is 16.5. The number of H-pyrrole nitrogens is 2. The molecular formula is C16H19N5O4. The molecule has 0 fully saturated rings. The molecule has 0 aliphatic carbocycles. The molecule has 0 radical (unpaired) electrons. The van der Waals surface area contributed by atoms with Crippen molar-refractivity contribution in [3.05, 3.63) is 56.4 Å². The fourth-order valence-corrected chi connectivity index (χ4v) is 1.88. The highest BCUT2D eigenvalue weighted by Gasteiger charge is 2.06. The third-order valence-electron chi connectivity index (χ3n) is 3.13. The molecule has 0 unspecified atom stereocenters. The smallest absolute Gasteiger partial charge is 0.342 e. The molecule has 1 heterocycles. The number of nitrogens with one attached hydrogen (secondary N) is 3. The maximum absolute atomic E-state index is 11.7. The van der Waals surface area contributed by atoms with E-state index in [4.69, 9.17) is 4.74 Å². The van der Waals surface area contributed by atoms with Gasteiger partial charge in [-0.15, -0.1) is 0 Å². The largest absolute Gasteiger partial charge is 0.494 e. The zero-order valence-electron chi connectivity index (χ0n) is 13.7. The van der Waals surface area contributed by atoms with Gasteiger partial charge in [0, 0.05) is 12.8 Å². The molecule has 3 N–H and O–H groups in total. The molecule has 9 nitrogen and oxygen atoms in total. The second-order valence-corrected chi connectivity index (χ2v) is 5.16. The average molecular weight is 345 g/mol. The monoisotopic (exact) mass is 345 g/mol. The zero-order chi connectivity index (χ0) is 18.1. The van der Waals surface area contributed by atoms with Crippen LogP contribution >= 0.6 is 0 Å².